The number of hydrogen-bond donors (Lipinski definition) is 0. The zero-order valence-corrected chi connectivity index (χ0v) is 10.2. The Balaban J connectivity index is 2.72. The van der Waals surface area contributed by atoms with Crippen LogP contribution in [0.5, 0.6) is 5.75 Å². The van der Waals surface area contributed by atoms with Crippen molar-refractivity contribution in [2.24, 2.45) is 5.92 Å². The molecular weight excluding hydrogens is 281 g/mol. The summed E-state index contributed by atoms with van der Waals surface area (Å²) < 4.78 is 18.5. The second-order valence-electron chi connectivity index (χ2n) is 3.44. The molecule has 0 aliphatic heterocycles. The Morgan fingerprint density at radius 3 is 2.81 bits per heavy atom. The van der Waals surface area contributed by atoms with Gasteiger partial charge in [0.2, 0.25) is 0 Å². The van der Waals surface area contributed by atoms with Crippen molar-refractivity contribution in [2.45, 2.75) is 6.92 Å². The molecule has 0 fully saturated rings. The molecule has 6 heteroatoms. The Morgan fingerprint density at radius 1 is 1.62 bits per heavy atom. The highest BCUT2D eigenvalue weighted by atomic mass is 79.9. The maximum atomic E-state index is 13.3. The fourth-order valence-electron chi connectivity index (χ4n) is 0.997. The SMILES string of the molecule is CC(CBr)COc1ccc([N+](=O)[O-])cc1F. The molecule has 0 aliphatic carbocycles. The summed E-state index contributed by atoms with van der Waals surface area (Å²) in [4.78, 5) is 9.72. The fourth-order valence-corrected chi connectivity index (χ4v) is 1.18. The van der Waals surface area contributed by atoms with Crippen LogP contribution in [-0.2, 0) is 0 Å². The maximum Gasteiger partial charge on any atom is 0.272 e. The van der Waals surface area contributed by atoms with E-state index in [9.17, 15) is 14.5 Å². The lowest BCUT2D eigenvalue weighted by Gasteiger charge is -2.10. The van der Waals surface area contributed by atoms with Crippen molar-refractivity contribution < 1.29 is 14.1 Å². The molecule has 0 aromatic heterocycles. The molecular formula is C10H11BrFNO3. The third-order valence-corrected chi connectivity index (χ3v) is 3.02. The average Bonchev–Trinajstić information content (AvgIpc) is 2.26. The van der Waals surface area contributed by atoms with Gasteiger partial charge in [-0.3, -0.25) is 10.1 Å². The summed E-state index contributed by atoms with van der Waals surface area (Å²) in [5, 5.41) is 11.1. The molecule has 1 unspecified atom stereocenters. The predicted molar refractivity (Wildman–Crippen MR) is 61.5 cm³/mol. The molecule has 0 N–H and O–H groups in total. The van der Waals surface area contributed by atoms with E-state index in [0.717, 1.165) is 11.4 Å². The second kappa shape index (κ2) is 5.79. The molecule has 0 heterocycles. The first-order valence-electron chi connectivity index (χ1n) is 4.67. The number of hydrogen-bond acceptors (Lipinski definition) is 3. The minimum absolute atomic E-state index is 0.0402. The van der Waals surface area contributed by atoms with Crippen LogP contribution in [-0.4, -0.2) is 16.9 Å². The molecule has 0 aliphatic rings. The molecule has 0 radical (unpaired) electrons. The highest BCUT2D eigenvalue weighted by Crippen LogP contribution is 2.22. The average molecular weight is 292 g/mol. The van der Waals surface area contributed by atoms with E-state index in [1.54, 1.807) is 0 Å². The van der Waals surface area contributed by atoms with Crippen molar-refractivity contribution in [1.82, 2.24) is 0 Å². The molecule has 0 saturated heterocycles. The standard InChI is InChI=1S/C10H11BrFNO3/c1-7(5-11)6-16-10-3-2-8(13(14)15)4-9(10)12/h2-4,7H,5-6H2,1H3. The van der Waals surface area contributed by atoms with Gasteiger partial charge in [-0.2, -0.15) is 0 Å². The van der Waals surface area contributed by atoms with E-state index >= 15 is 0 Å². The highest BCUT2D eigenvalue weighted by Gasteiger charge is 2.12. The number of alkyl halides is 1. The lowest BCUT2D eigenvalue weighted by Crippen LogP contribution is -2.10. The largest absolute Gasteiger partial charge is 0.490 e. The number of benzene rings is 1. The van der Waals surface area contributed by atoms with Gasteiger partial charge in [-0.15, -0.1) is 0 Å². The zero-order chi connectivity index (χ0) is 12.1. The lowest BCUT2D eigenvalue weighted by atomic mass is 10.2. The van der Waals surface area contributed by atoms with E-state index in [1.165, 1.54) is 12.1 Å². The highest BCUT2D eigenvalue weighted by molar-refractivity contribution is 9.09. The van der Waals surface area contributed by atoms with Crippen LogP contribution in [0.4, 0.5) is 10.1 Å². The van der Waals surface area contributed by atoms with Crippen LogP contribution < -0.4 is 4.74 Å². The molecule has 0 amide bonds. The molecule has 1 aromatic carbocycles. The Kier molecular flexibility index (Phi) is 4.67. The molecule has 16 heavy (non-hydrogen) atoms. The van der Waals surface area contributed by atoms with Crippen LogP contribution in [0.3, 0.4) is 0 Å². The number of halogens is 2. The Morgan fingerprint density at radius 2 is 2.31 bits per heavy atom. The van der Waals surface area contributed by atoms with Crippen molar-refractivity contribution in [2.75, 3.05) is 11.9 Å². The van der Waals surface area contributed by atoms with Crippen LogP contribution in [0.15, 0.2) is 18.2 Å². The summed E-state index contributed by atoms with van der Waals surface area (Å²) in [6, 6.07) is 3.35. The van der Waals surface area contributed by atoms with Crippen LogP contribution in [0, 0.1) is 21.8 Å². The summed E-state index contributed by atoms with van der Waals surface area (Å²) in [6.45, 7) is 2.30. The smallest absolute Gasteiger partial charge is 0.272 e. The van der Waals surface area contributed by atoms with Gasteiger partial charge in [-0.25, -0.2) is 4.39 Å². The van der Waals surface area contributed by atoms with Crippen LogP contribution in [0.2, 0.25) is 0 Å². The van der Waals surface area contributed by atoms with Gasteiger partial charge in [0.15, 0.2) is 11.6 Å². The van der Waals surface area contributed by atoms with Crippen LogP contribution in [0.25, 0.3) is 0 Å². The van der Waals surface area contributed by atoms with Crippen molar-refractivity contribution in [3.8, 4) is 5.75 Å². The molecule has 1 rings (SSSR count). The summed E-state index contributed by atoms with van der Waals surface area (Å²) in [6.07, 6.45) is 0. The van der Waals surface area contributed by atoms with E-state index < -0.39 is 10.7 Å². The maximum absolute atomic E-state index is 13.3. The molecule has 0 spiro atoms. The van der Waals surface area contributed by atoms with Gasteiger partial charge >= 0.3 is 0 Å². The number of non-ortho nitro benzene ring substituents is 1. The number of nitrogens with zero attached hydrogens (tertiary/aromatic N) is 1. The minimum Gasteiger partial charge on any atom is -0.490 e. The van der Waals surface area contributed by atoms with Gasteiger partial charge in [0.1, 0.15) is 0 Å². The van der Waals surface area contributed by atoms with E-state index in [0.29, 0.717) is 6.61 Å². The second-order valence-corrected chi connectivity index (χ2v) is 4.09. The molecule has 88 valence electrons. The quantitative estimate of drug-likeness (QED) is 0.476. The number of ether oxygens (including phenoxy) is 1. The van der Waals surface area contributed by atoms with Gasteiger partial charge in [0.25, 0.3) is 5.69 Å². The summed E-state index contributed by atoms with van der Waals surface area (Å²) >= 11 is 3.27. The molecule has 4 nitrogen and oxygen atoms in total. The first-order valence-corrected chi connectivity index (χ1v) is 5.79. The fraction of sp³-hybridized carbons (Fsp3) is 0.400. The van der Waals surface area contributed by atoms with E-state index in [4.69, 9.17) is 4.74 Å². The van der Waals surface area contributed by atoms with Gasteiger partial charge in [0.05, 0.1) is 17.6 Å². The third kappa shape index (κ3) is 3.44. The zero-order valence-electron chi connectivity index (χ0n) is 8.65. The third-order valence-electron chi connectivity index (χ3n) is 1.91. The van der Waals surface area contributed by atoms with Crippen molar-refractivity contribution >= 4 is 21.6 Å². The van der Waals surface area contributed by atoms with Crippen molar-refractivity contribution in [1.29, 1.82) is 0 Å². The van der Waals surface area contributed by atoms with E-state index in [2.05, 4.69) is 15.9 Å². The molecule has 0 bridgehead atoms. The van der Waals surface area contributed by atoms with Crippen LogP contribution >= 0.6 is 15.9 Å². The summed E-state index contributed by atoms with van der Waals surface area (Å²) in [5.74, 6) is -0.427. The topological polar surface area (TPSA) is 52.4 Å². The minimum atomic E-state index is -0.712. The van der Waals surface area contributed by atoms with Gasteiger partial charge in [-0.1, -0.05) is 22.9 Å². The number of nitro benzene ring substituents is 1. The van der Waals surface area contributed by atoms with E-state index in [-0.39, 0.29) is 17.4 Å². The first kappa shape index (κ1) is 12.9. The van der Waals surface area contributed by atoms with Crippen molar-refractivity contribution in [3.63, 3.8) is 0 Å². The normalized spacial score (nSPS) is 12.2. The number of rotatable bonds is 5. The Hall–Kier alpha value is -1.17. The monoisotopic (exact) mass is 291 g/mol. The molecule has 0 saturated carbocycles. The van der Waals surface area contributed by atoms with Crippen molar-refractivity contribution in [3.05, 3.63) is 34.1 Å². The summed E-state index contributed by atoms with van der Waals surface area (Å²) in [5.41, 5.74) is -0.279. The van der Waals surface area contributed by atoms with E-state index in [1.807, 2.05) is 6.92 Å². The van der Waals surface area contributed by atoms with Gasteiger partial charge < -0.3 is 4.74 Å². The summed E-state index contributed by atoms with van der Waals surface area (Å²) in [7, 11) is 0. The Bertz CT molecular complexity index is 386. The number of nitro groups is 1. The van der Waals surface area contributed by atoms with Crippen LogP contribution in [0.1, 0.15) is 6.92 Å². The molecule has 1 atom stereocenters. The lowest BCUT2D eigenvalue weighted by molar-refractivity contribution is -0.385. The van der Waals surface area contributed by atoms with Gasteiger partial charge in [-0.05, 0) is 12.0 Å². The van der Waals surface area contributed by atoms with Gasteiger partial charge in [0, 0.05) is 11.4 Å². The predicted octanol–water partition coefficient (Wildman–Crippen LogP) is 3.14. The molecule has 1 aromatic rings. The Labute approximate surface area is 101 Å². The first-order chi connectivity index (χ1) is 7.54.